The lowest BCUT2D eigenvalue weighted by atomic mass is 9.99. The molecule has 0 fully saturated rings. The monoisotopic (exact) mass is 395 g/mol. The number of aromatic nitrogens is 2. The van der Waals surface area contributed by atoms with Crippen LogP contribution in [-0.2, 0) is 6.42 Å². The summed E-state index contributed by atoms with van der Waals surface area (Å²) in [5, 5.41) is 3.92. The van der Waals surface area contributed by atoms with Crippen molar-refractivity contribution in [1.29, 1.82) is 0 Å². The third kappa shape index (κ3) is 4.23. The molecule has 0 aliphatic carbocycles. The highest BCUT2D eigenvalue weighted by Gasteiger charge is 2.14. The molecule has 0 bridgehead atoms. The van der Waals surface area contributed by atoms with E-state index in [1.165, 1.54) is 11.1 Å². The van der Waals surface area contributed by atoms with Crippen LogP contribution in [0.5, 0.6) is 0 Å². The van der Waals surface area contributed by atoms with Crippen LogP contribution < -0.4 is 5.32 Å². The van der Waals surface area contributed by atoms with Gasteiger partial charge in [0.05, 0.1) is 16.8 Å². The number of nitrogens with one attached hydrogen (secondary N) is 1. The Morgan fingerprint density at radius 3 is 2.57 bits per heavy atom. The molecule has 0 aliphatic rings. The summed E-state index contributed by atoms with van der Waals surface area (Å²) in [6.45, 7) is 6.74. The minimum atomic E-state index is -0.0889. The third-order valence-corrected chi connectivity index (χ3v) is 5.40. The zero-order chi connectivity index (χ0) is 21.1. The largest absolute Gasteiger partial charge is 0.352 e. The van der Waals surface area contributed by atoms with E-state index in [0.29, 0.717) is 18.5 Å². The van der Waals surface area contributed by atoms with Gasteiger partial charge in [-0.2, -0.15) is 0 Å². The topological polar surface area (TPSA) is 54.9 Å². The molecule has 30 heavy (non-hydrogen) atoms. The lowest BCUT2D eigenvalue weighted by molar-refractivity contribution is 0.0955. The lowest BCUT2D eigenvalue weighted by Gasteiger charge is -2.12. The van der Waals surface area contributed by atoms with Crippen LogP contribution in [0.25, 0.3) is 22.2 Å². The Morgan fingerprint density at radius 2 is 1.80 bits per heavy atom. The Hall–Kier alpha value is -3.53. The van der Waals surface area contributed by atoms with Gasteiger partial charge in [0.15, 0.2) is 0 Å². The second kappa shape index (κ2) is 8.46. The van der Waals surface area contributed by atoms with Crippen molar-refractivity contribution in [3.8, 4) is 11.3 Å². The first-order valence-corrected chi connectivity index (χ1v) is 10.2. The number of pyridine rings is 2. The van der Waals surface area contributed by atoms with Gasteiger partial charge >= 0.3 is 0 Å². The molecule has 0 radical (unpaired) electrons. The van der Waals surface area contributed by atoms with Crippen molar-refractivity contribution in [3.63, 3.8) is 0 Å². The van der Waals surface area contributed by atoms with Gasteiger partial charge in [0.2, 0.25) is 0 Å². The van der Waals surface area contributed by atoms with Crippen LogP contribution in [0.4, 0.5) is 0 Å². The summed E-state index contributed by atoms with van der Waals surface area (Å²) in [6.07, 6.45) is 2.46. The van der Waals surface area contributed by atoms with E-state index in [1.54, 1.807) is 6.20 Å². The van der Waals surface area contributed by atoms with Gasteiger partial charge in [0, 0.05) is 35.8 Å². The predicted molar refractivity (Wildman–Crippen MR) is 122 cm³/mol. The van der Waals surface area contributed by atoms with Gasteiger partial charge in [0.1, 0.15) is 0 Å². The molecular weight excluding hydrogens is 370 g/mol. The number of amides is 1. The van der Waals surface area contributed by atoms with Crippen LogP contribution in [0.3, 0.4) is 0 Å². The zero-order valence-electron chi connectivity index (χ0n) is 17.6. The molecule has 2 aromatic heterocycles. The molecule has 2 aromatic carbocycles. The minimum absolute atomic E-state index is 0.0889. The molecule has 0 saturated heterocycles. The van der Waals surface area contributed by atoms with Gasteiger partial charge < -0.3 is 5.32 Å². The minimum Gasteiger partial charge on any atom is -0.352 e. The van der Waals surface area contributed by atoms with Gasteiger partial charge in [-0.25, -0.2) is 4.98 Å². The van der Waals surface area contributed by atoms with Crippen LogP contribution >= 0.6 is 0 Å². The third-order valence-electron chi connectivity index (χ3n) is 5.40. The molecule has 2 heterocycles. The zero-order valence-corrected chi connectivity index (χ0v) is 17.6. The Morgan fingerprint density at radius 1 is 0.933 bits per heavy atom. The number of aryl methyl sites for hydroxylation is 3. The fourth-order valence-corrected chi connectivity index (χ4v) is 3.52. The van der Waals surface area contributed by atoms with Crippen molar-refractivity contribution in [3.05, 3.63) is 94.8 Å². The Balaban J connectivity index is 1.68. The van der Waals surface area contributed by atoms with E-state index in [0.717, 1.165) is 33.4 Å². The fourth-order valence-electron chi connectivity index (χ4n) is 3.52. The Labute approximate surface area is 177 Å². The average Bonchev–Trinajstić information content (AvgIpc) is 2.75. The van der Waals surface area contributed by atoms with E-state index in [-0.39, 0.29) is 5.91 Å². The first-order valence-electron chi connectivity index (χ1n) is 10.2. The van der Waals surface area contributed by atoms with E-state index < -0.39 is 0 Å². The Kier molecular flexibility index (Phi) is 5.57. The SMILES string of the molecule is Cc1ccc2nc(-c3ccc(C)c(C)c3)cc(C(=O)NCCc3ccccn3)c2c1. The molecule has 0 atom stereocenters. The molecule has 1 N–H and O–H groups in total. The summed E-state index contributed by atoms with van der Waals surface area (Å²) in [5.41, 5.74) is 7.81. The molecule has 0 unspecified atom stereocenters. The number of carbonyl (C=O) groups excluding carboxylic acids is 1. The molecule has 0 spiro atoms. The Bertz CT molecular complexity index is 1220. The van der Waals surface area contributed by atoms with E-state index >= 15 is 0 Å². The first-order chi connectivity index (χ1) is 14.5. The molecule has 4 rings (SSSR count). The number of hydrogen-bond acceptors (Lipinski definition) is 3. The van der Waals surface area contributed by atoms with Crippen molar-refractivity contribution in [1.82, 2.24) is 15.3 Å². The summed E-state index contributed by atoms with van der Waals surface area (Å²) in [4.78, 5) is 22.3. The quantitative estimate of drug-likeness (QED) is 0.506. The summed E-state index contributed by atoms with van der Waals surface area (Å²) in [6, 6.07) is 20.0. The van der Waals surface area contributed by atoms with Crippen LogP contribution in [0, 0.1) is 20.8 Å². The van der Waals surface area contributed by atoms with Crippen LogP contribution in [-0.4, -0.2) is 22.4 Å². The maximum absolute atomic E-state index is 13.1. The second-order valence-electron chi connectivity index (χ2n) is 7.70. The summed E-state index contributed by atoms with van der Waals surface area (Å²) in [5.74, 6) is -0.0889. The highest BCUT2D eigenvalue weighted by Crippen LogP contribution is 2.27. The van der Waals surface area contributed by atoms with Crippen molar-refractivity contribution < 1.29 is 4.79 Å². The number of fused-ring (bicyclic) bond motifs is 1. The van der Waals surface area contributed by atoms with Crippen molar-refractivity contribution in [2.24, 2.45) is 0 Å². The lowest BCUT2D eigenvalue weighted by Crippen LogP contribution is -2.26. The van der Waals surface area contributed by atoms with Crippen molar-refractivity contribution in [2.75, 3.05) is 6.54 Å². The average molecular weight is 396 g/mol. The van der Waals surface area contributed by atoms with E-state index in [4.69, 9.17) is 4.98 Å². The molecule has 4 nitrogen and oxygen atoms in total. The highest BCUT2D eigenvalue weighted by molar-refractivity contribution is 6.07. The summed E-state index contributed by atoms with van der Waals surface area (Å²) >= 11 is 0. The van der Waals surface area contributed by atoms with E-state index in [2.05, 4.69) is 42.3 Å². The first kappa shape index (κ1) is 19.8. The maximum Gasteiger partial charge on any atom is 0.252 e. The number of rotatable bonds is 5. The number of hydrogen-bond donors (Lipinski definition) is 1. The molecule has 150 valence electrons. The molecule has 0 aliphatic heterocycles. The van der Waals surface area contributed by atoms with E-state index in [1.807, 2.05) is 49.4 Å². The maximum atomic E-state index is 13.1. The van der Waals surface area contributed by atoms with Crippen molar-refractivity contribution >= 4 is 16.8 Å². The summed E-state index contributed by atoms with van der Waals surface area (Å²) < 4.78 is 0. The van der Waals surface area contributed by atoms with Gasteiger partial charge in [-0.05, 0) is 68.3 Å². The molecule has 4 heteroatoms. The van der Waals surface area contributed by atoms with Gasteiger partial charge in [0.25, 0.3) is 5.91 Å². The smallest absolute Gasteiger partial charge is 0.252 e. The van der Waals surface area contributed by atoms with Gasteiger partial charge in [-0.3, -0.25) is 9.78 Å². The van der Waals surface area contributed by atoms with Gasteiger partial charge in [-0.1, -0.05) is 29.8 Å². The second-order valence-corrected chi connectivity index (χ2v) is 7.70. The normalized spacial score (nSPS) is 10.9. The molecular formula is C26H25N3O. The predicted octanol–water partition coefficient (Wildman–Crippen LogP) is 5.19. The summed E-state index contributed by atoms with van der Waals surface area (Å²) in [7, 11) is 0. The highest BCUT2D eigenvalue weighted by atomic mass is 16.1. The van der Waals surface area contributed by atoms with Crippen molar-refractivity contribution in [2.45, 2.75) is 27.2 Å². The number of carbonyl (C=O) groups is 1. The molecule has 0 saturated carbocycles. The van der Waals surface area contributed by atoms with Crippen LogP contribution in [0.1, 0.15) is 32.7 Å². The number of nitrogens with zero attached hydrogens (tertiary/aromatic N) is 2. The van der Waals surface area contributed by atoms with E-state index in [9.17, 15) is 4.79 Å². The standard InChI is InChI=1S/C26H25N3O/c1-17-7-10-24-22(14-17)23(26(30)28-13-11-21-6-4-5-12-27-21)16-25(29-24)20-9-8-18(2)19(3)15-20/h4-10,12,14-16H,11,13H2,1-3H3,(H,28,30). The van der Waals surface area contributed by atoms with Gasteiger partial charge in [-0.15, -0.1) is 0 Å². The fraction of sp³-hybridized carbons (Fsp3) is 0.192. The van der Waals surface area contributed by atoms with Crippen LogP contribution in [0.15, 0.2) is 66.9 Å². The molecule has 1 amide bonds. The van der Waals surface area contributed by atoms with Crippen LogP contribution in [0.2, 0.25) is 0 Å². The number of benzene rings is 2. The molecule has 4 aromatic rings.